The Labute approximate surface area is 142 Å². The third kappa shape index (κ3) is 3.37. The number of fused-ring (bicyclic) bond motifs is 1. The van der Waals surface area contributed by atoms with Gasteiger partial charge in [0.15, 0.2) is 6.61 Å². The molecule has 3 rings (SSSR count). The lowest BCUT2D eigenvalue weighted by molar-refractivity contribution is -0.118. The number of rotatable bonds is 3. The Bertz CT molecular complexity index is 776. The van der Waals surface area contributed by atoms with Crippen LogP contribution in [0.25, 0.3) is 0 Å². The highest BCUT2D eigenvalue weighted by Gasteiger charge is 2.19. The van der Waals surface area contributed by atoms with Gasteiger partial charge in [-0.1, -0.05) is 34.1 Å². The zero-order chi connectivity index (χ0) is 16.4. The van der Waals surface area contributed by atoms with Gasteiger partial charge in [-0.15, -0.1) is 0 Å². The number of nitrogens with one attached hydrogen (secondary N) is 2. The molecule has 1 unspecified atom stereocenters. The first kappa shape index (κ1) is 15.6. The number of amides is 2. The zero-order valence-electron chi connectivity index (χ0n) is 12.4. The van der Waals surface area contributed by atoms with Crippen molar-refractivity contribution in [2.45, 2.75) is 13.0 Å². The molecule has 1 heterocycles. The van der Waals surface area contributed by atoms with Crippen molar-refractivity contribution in [2.24, 2.45) is 0 Å². The second kappa shape index (κ2) is 6.42. The molecule has 0 aliphatic carbocycles. The highest BCUT2D eigenvalue weighted by atomic mass is 79.9. The molecule has 2 aromatic carbocycles. The molecular weight excluding hydrogens is 360 g/mol. The molecule has 118 valence electrons. The van der Waals surface area contributed by atoms with E-state index in [4.69, 9.17) is 4.74 Å². The summed E-state index contributed by atoms with van der Waals surface area (Å²) in [7, 11) is 0. The van der Waals surface area contributed by atoms with E-state index in [1.807, 2.05) is 31.2 Å². The van der Waals surface area contributed by atoms with Crippen LogP contribution in [0, 0.1) is 0 Å². The van der Waals surface area contributed by atoms with Crippen LogP contribution in [0.3, 0.4) is 0 Å². The van der Waals surface area contributed by atoms with E-state index in [1.54, 1.807) is 18.2 Å². The molecule has 1 atom stereocenters. The van der Waals surface area contributed by atoms with Gasteiger partial charge in [-0.3, -0.25) is 9.59 Å². The second-order valence-electron chi connectivity index (χ2n) is 5.26. The van der Waals surface area contributed by atoms with E-state index in [1.165, 1.54) is 0 Å². The molecule has 0 bridgehead atoms. The van der Waals surface area contributed by atoms with Crippen molar-refractivity contribution in [3.8, 4) is 5.75 Å². The van der Waals surface area contributed by atoms with Gasteiger partial charge in [-0.05, 0) is 36.8 Å². The van der Waals surface area contributed by atoms with Crippen molar-refractivity contribution in [1.82, 2.24) is 5.32 Å². The molecule has 0 fully saturated rings. The first-order valence-corrected chi connectivity index (χ1v) is 7.96. The number of anilines is 1. The van der Waals surface area contributed by atoms with Crippen molar-refractivity contribution in [2.75, 3.05) is 11.9 Å². The fourth-order valence-corrected chi connectivity index (χ4v) is 3.04. The monoisotopic (exact) mass is 374 g/mol. The van der Waals surface area contributed by atoms with Gasteiger partial charge in [-0.2, -0.15) is 0 Å². The van der Waals surface area contributed by atoms with Gasteiger partial charge in [0.2, 0.25) is 0 Å². The fourth-order valence-electron chi connectivity index (χ4n) is 2.41. The zero-order valence-corrected chi connectivity index (χ0v) is 14.0. The molecule has 23 heavy (non-hydrogen) atoms. The predicted octanol–water partition coefficient (Wildman–Crippen LogP) is 3.27. The standard InChI is InChI=1S/C17H15BrN2O3/c1-10(12-4-2-3-5-13(12)18)19-17(22)11-6-7-15-14(8-11)20-16(21)9-23-15/h2-8,10H,9H2,1H3,(H,19,22)(H,20,21). The smallest absolute Gasteiger partial charge is 0.262 e. The summed E-state index contributed by atoms with van der Waals surface area (Å²) in [5, 5.41) is 5.65. The lowest BCUT2D eigenvalue weighted by atomic mass is 10.1. The summed E-state index contributed by atoms with van der Waals surface area (Å²) in [4.78, 5) is 23.8. The number of hydrogen-bond donors (Lipinski definition) is 2. The summed E-state index contributed by atoms with van der Waals surface area (Å²) in [6, 6.07) is 12.6. The third-order valence-corrected chi connectivity index (χ3v) is 4.32. The number of ether oxygens (including phenoxy) is 1. The van der Waals surface area contributed by atoms with E-state index < -0.39 is 0 Å². The minimum Gasteiger partial charge on any atom is -0.482 e. The maximum atomic E-state index is 12.4. The van der Waals surface area contributed by atoms with Crippen molar-refractivity contribution in [3.05, 3.63) is 58.1 Å². The number of carbonyl (C=O) groups is 2. The van der Waals surface area contributed by atoms with Gasteiger partial charge < -0.3 is 15.4 Å². The summed E-state index contributed by atoms with van der Waals surface area (Å²) < 4.78 is 6.23. The SMILES string of the molecule is CC(NC(=O)c1ccc2c(c1)NC(=O)CO2)c1ccccc1Br. The number of benzene rings is 2. The van der Waals surface area contributed by atoms with E-state index in [0.717, 1.165) is 10.0 Å². The maximum absolute atomic E-state index is 12.4. The Kier molecular flexibility index (Phi) is 4.34. The average molecular weight is 375 g/mol. The molecule has 5 nitrogen and oxygen atoms in total. The Morgan fingerprint density at radius 2 is 2.09 bits per heavy atom. The van der Waals surface area contributed by atoms with Crippen molar-refractivity contribution in [1.29, 1.82) is 0 Å². The number of halogens is 1. The van der Waals surface area contributed by atoms with Crippen molar-refractivity contribution >= 4 is 33.4 Å². The summed E-state index contributed by atoms with van der Waals surface area (Å²) >= 11 is 3.48. The number of carbonyl (C=O) groups excluding carboxylic acids is 2. The van der Waals surface area contributed by atoms with Crippen molar-refractivity contribution in [3.63, 3.8) is 0 Å². The number of hydrogen-bond acceptors (Lipinski definition) is 3. The van der Waals surface area contributed by atoms with Crippen LogP contribution in [0.5, 0.6) is 5.75 Å². The van der Waals surface area contributed by atoms with E-state index in [9.17, 15) is 9.59 Å². The molecule has 2 amide bonds. The summed E-state index contributed by atoms with van der Waals surface area (Å²) in [6.07, 6.45) is 0. The highest BCUT2D eigenvalue weighted by Crippen LogP contribution is 2.29. The van der Waals surface area contributed by atoms with Gasteiger partial charge in [0.05, 0.1) is 11.7 Å². The van der Waals surface area contributed by atoms with Gasteiger partial charge in [0, 0.05) is 10.0 Å². The van der Waals surface area contributed by atoms with Crippen LogP contribution in [0.2, 0.25) is 0 Å². The van der Waals surface area contributed by atoms with Crippen LogP contribution in [-0.2, 0) is 4.79 Å². The lowest BCUT2D eigenvalue weighted by Gasteiger charge is -2.19. The van der Waals surface area contributed by atoms with Crippen LogP contribution in [0.15, 0.2) is 46.9 Å². The third-order valence-electron chi connectivity index (χ3n) is 3.59. The second-order valence-corrected chi connectivity index (χ2v) is 6.12. The van der Waals surface area contributed by atoms with Crippen LogP contribution in [-0.4, -0.2) is 18.4 Å². The molecular formula is C17H15BrN2O3. The van der Waals surface area contributed by atoms with E-state index >= 15 is 0 Å². The molecule has 1 aliphatic heterocycles. The van der Waals surface area contributed by atoms with Crippen LogP contribution < -0.4 is 15.4 Å². The van der Waals surface area contributed by atoms with Crippen LogP contribution in [0.4, 0.5) is 5.69 Å². The van der Waals surface area contributed by atoms with Crippen LogP contribution in [0.1, 0.15) is 28.9 Å². The molecule has 2 N–H and O–H groups in total. The summed E-state index contributed by atoms with van der Waals surface area (Å²) in [6.45, 7) is 1.92. The minimum atomic E-state index is -0.225. The van der Waals surface area contributed by atoms with Crippen LogP contribution >= 0.6 is 15.9 Å². The minimum absolute atomic E-state index is 0.00237. The molecule has 2 aromatic rings. The molecule has 0 radical (unpaired) electrons. The summed E-state index contributed by atoms with van der Waals surface area (Å²) in [5.41, 5.74) is 1.98. The van der Waals surface area contributed by atoms with E-state index in [2.05, 4.69) is 26.6 Å². The molecule has 1 aliphatic rings. The molecule has 0 aromatic heterocycles. The lowest BCUT2D eigenvalue weighted by Crippen LogP contribution is -2.28. The largest absolute Gasteiger partial charge is 0.482 e. The molecule has 0 saturated carbocycles. The van der Waals surface area contributed by atoms with Gasteiger partial charge in [0.25, 0.3) is 11.8 Å². The first-order chi connectivity index (χ1) is 11.0. The summed E-state index contributed by atoms with van der Waals surface area (Å²) in [5.74, 6) is 0.132. The van der Waals surface area contributed by atoms with Gasteiger partial charge >= 0.3 is 0 Å². The molecule has 6 heteroatoms. The van der Waals surface area contributed by atoms with Gasteiger partial charge in [0.1, 0.15) is 5.75 Å². The normalized spacial score (nSPS) is 14.3. The predicted molar refractivity (Wildman–Crippen MR) is 90.6 cm³/mol. The van der Waals surface area contributed by atoms with Gasteiger partial charge in [-0.25, -0.2) is 0 Å². The van der Waals surface area contributed by atoms with E-state index in [-0.39, 0.29) is 24.5 Å². The molecule has 0 spiro atoms. The Hall–Kier alpha value is -2.34. The quantitative estimate of drug-likeness (QED) is 0.866. The fraction of sp³-hybridized carbons (Fsp3) is 0.176. The first-order valence-electron chi connectivity index (χ1n) is 7.16. The molecule has 0 saturated heterocycles. The Morgan fingerprint density at radius 3 is 2.87 bits per heavy atom. The van der Waals surface area contributed by atoms with E-state index in [0.29, 0.717) is 17.0 Å². The average Bonchev–Trinajstić information content (AvgIpc) is 2.54. The topological polar surface area (TPSA) is 67.4 Å². The maximum Gasteiger partial charge on any atom is 0.262 e. The van der Waals surface area contributed by atoms with Crippen molar-refractivity contribution < 1.29 is 14.3 Å². The highest BCUT2D eigenvalue weighted by molar-refractivity contribution is 9.10. The Morgan fingerprint density at radius 1 is 1.30 bits per heavy atom. The Balaban J connectivity index is 1.77.